The third kappa shape index (κ3) is 1.50. The molecule has 0 unspecified atom stereocenters. The van der Waals surface area contributed by atoms with Gasteiger partial charge in [0, 0.05) is 18.5 Å². The molecular weight excluding hydrogens is 180 g/mol. The Labute approximate surface area is 79.9 Å². The van der Waals surface area contributed by atoms with Gasteiger partial charge in [-0.05, 0) is 12.1 Å². The fourth-order valence-electron chi connectivity index (χ4n) is 1.19. The van der Waals surface area contributed by atoms with Crippen LogP contribution in [0.5, 0.6) is 5.75 Å². The Bertz CT molecular complexity index is 491. The molecule has 0 bridgehead atoms. The van der Waals surface area contributed by atoms with Crippen LogP contribution in [0.1, 0.15) is 0 Å². The van der Waals surface area contributed by atoms with Gasteiger partial charge in [-0.3, -0.25) is 9.78 Å². The van der Waals surface area contributed by atoms with Crippen LogP contribution < -0.4 is 5.56 Å². The van der Waals surface area contributed by atoms with E-state index in [1.54, 1.807) is 18.3 Å². The largest absolute Gasteiger partial charge is 0.507 e. The van der Waals surface area contributed by atoms with Crippen molar-refractivity contribution in [1.29, 1.82) is 0 Å². The van der Waals surface area contributed by atoms with Gasteiger partial charge < -0.3 is 10.1 Å². The van der Waals surface area contributed by atoms with E-state index in [4.69, 9.17) is 0 Å². The second-order valence-electron chi connectivity index (χ2n) is 2.81. The van der Waals surface area contributed by atoms with Crippen LogP contribution in [-0.2, 0) is 0 Å². The van der Waals surface area contributed by atoms with Gasteiger partial charge >= 0.3 is 0 Å². The number of hydrogen-bond acceptors (Lipinski definition) is 3. The summed E-state index contributed by atoms with van der Waals surface area (Å²) in [7, 11) is 0. The summed E-state index contributed by atoms with van der Waals surface area (Å²) in [6.07, 6.45) is 3.07. The van der Waals surface area contributed by atoms with E-state index in [1.807, 2.05) is 6.07 Å². The van der Waals surface area contributed by atoms with Crippen molar-refractivity contribution in [2.45, 2.75) is 0 Å². The quantitative estimate of drug-likeness (QED) is 0.705. The molecule has 0 aliphatic rings. The van der Waals surface area contributed by atoms with Crippen molar-refractivity contribution in [3.8, 4) is 17.0 Å². The summed E-state index contributed by atoms with van der Waals surface area (Å²) in [5.74, 6) is -0.0625. The van der Waals surface area contributed by atoms with Gasteiger partial charge in [-0.15, -0.1) is 0 Å². The molecule has 4 heteroatoms. The van der Waals surface area contributed by atoms with Crippen LogP contribution in [0.15, 0.2) is 41.5 Å². The Kier molecular flexibility index (Phi) is 2.02. The minimum atomic E-state index is -0.331. The lowest BCUT2D eigenvalue weighted by Crippen LogP contribution is -2.02. The number of nitrogens with one attached hydrogen (secondary N) is 1. The van der Waals surface area contributed by atoms with Gasteiger partial charge in [0.1, 0.15) is 5.75 Å². The summed E-state index contributed by atoms with van der Waals surface area (Å²) in [4.78, 5) is 17.4. The number of H-pyrrole nitrogens is 1. The van der Waals surface area contributed by atoms with Crippen LogP contribution in [0.3, 0.4) is 0 Å². The Hall–Kier alpha value is -2.10. The molecule has 0 fully saturated rings. The maximum absolute atomic E-state index is 10.8. The first-order chi connectivity index (χ1) is 6.77. The van der Waals surface area contributed by atoms with Crippen molar-refractivity contribution < 1.29 is 5.11 Å². The normalized spacial score (nSPS) is 10.0. The summed E-state index contributed by atoms with van der Waals surface area (Å²) in [6.45, 7) is 0. The molecule has 0 amide bonds. The van der Waals surface area contributed by atoms with Gasteiger partial charge in [-0.25, -0.2) is 0 Å². The highest BCUT2D eigenvalue weighted by atomic mass is 16.3. The molecule has 0 aliphatic heterocycles. The summed E-state index contributed by atoms with van der Waals surface area (Å²) in [5, 5.41) is 9.48. The molecule has 0 saturated carbocycles. The second kappa shape index (κ2) is 3.33. The highest BCUT2D eigenvalue weighted by Gasteiger charge is 2.04. The van der Waals surface area contributed by atoms with Crippen LogP contribution in [0.4, 0.5) is 0 Å². The first-order valence-corrected chi connectivity index (χ1v) is 4.10. The molecule has 4 nitrogen and oxygen atoms in total. The van der Waals surface area contributed by atoms with E-state index >= 15 is 0 Å². The number of aromatic nitrogens is 2. The monoisotopic (exact) mass is 188 g/mol. The van der Waals surface area contributed by atoms with Crippen molar-refractivity contribution in [3.05, 3.63) is 47.0 Å². The smallest absolute Gasteiger partial charge is 0.251 e. The Morgan fingerprint density at radius 3 is 2.86 bits per heavy atom. The Morgan fingerprint density at radius 1 is 1.36 bits per heavy atom. The zero-order valence-corrected chi connectivity index (χ0v) is 7.27. The minimum absolute atomic E-state index is 0.0625. The maximum Gasteiger partial charge on any atom is 0.251 e. The van der Waals surface area contributed by atoms with E-state index in [2.05, 4.69) is 9.97 Å². The first-order valence-electron chi connectivity index (χ1n) is 4.10. The molecule has 0 saturated heterocycles. The first kappa shape index (κ1) is 8.50. The number of nitrogens with zero attached hydrogens (tertiary/aromatic N) is 1. The standard InChI is InChI=1S/C10H8N2O2/c13-9-5-10(14)12-6-7(9)8-3-1-2-4-11-8/h1-6H,(H2,12,13,14). The molecule has 0 spiro atoms. The third-order valence-corrected chi connectivity index (χ3v) is 1.84. The van der Waals surface area contributed by atoms with Crippen LogP contribution in [-0.4, -0.2) is 15.1 Å². The highest BCUT2D eigenvalue weighted by Crippen LogP contribution is 2.23. The summed E-state index contributed by atoms with van der Waals surface area (Å²) in [5.41, 5.74) is 0.814. The van der Waals surface area contributed by atoms with E-state index in [0.29, 0.717) is 11.3 Å². The van der Waals surface area contributed by atoms with E-state index in [-0.39, 0.29) is 11.3 Å². The van der Waals surface area contributed by atoms with Crippen molar-refractivity contribution in [3.63, 3.8) is 0 Å². The number of aromatic amines is 1. The van der Waals surface area contributed by atoms with Crippen molar-refractivity contribution >= 4 is 0 Å². The van der Waals surface area contributed by atoms with E-state index in [1.165, 1.54) is 6.20 Å². The lowest BCUT2D eigenvalue weighted by Gasteiger charge is -2.01. The number of rotatable bonds is 1. The van der Waals surface area contributed by atoms with Gasteiger partial charge in [0.05, 0.1) is 11.3 Å². The second-order valence-corrected chi connectivity index (χ2v) is 2.81. The predicted molar refractivity (Wildman–Crippen MR) is 52.0 cm³/mol. The van der Waals surface area contributed by atoms with Gasteiger partial charge in [0.25, 0.3) is 5.56 Å². The van der Waals surface area contributed by atoms with Gasteiger partial charge in [-0.1, -0.05) is 6.07 Å². The zero-order chi connectivity index (χ0) is 9.97. The van der Waals surface area contributed by atoms with E-state index in [0.717, 1.165) is 6.07 Å². The SMILES string of the molecule is O=c1cc(O)c(-c2ccccn2)c[nH]1. The molecule has 70 valence electrons. The van der Waals surface area contributed by atoms with Crippen molar-refractivity contribution in [2.24, 2.45) is 0 Å². The number of pyridine rings is 2. The lowest BCUT2D eigenvalue weighted by molar-refractivity contribution is 0.475. The molecule has 0 radical (unpaired) electrons. The number of aromatic hydroxyl groups is 1. The molecule has 0 aliphatic carbocycles. The third-order valence-electron chi connectivity index (χ3n) is 1.84. The minimum Gasteiger partial charge on any atom is -0.507 e. The highest BCUT2D eigenvalue weighted by molar-refractivity contribution is 5.64. The van der Waals surface area contributed by atoms with Crippen molar-refractivity contribution in [2.75, 3.05) is 0 Å². The average Bonchev–Trinajstić information content (AvgIpc) is 2.19. The Morgan fingerprint density at radius 2 is 2.21 bits per heavy atom. The molecule has 2 aromatic rings. The maximum atomic E-state index is 10.8. The molecule has 0 aromatic carbocycles. The van der Waals surface area contributed by atoms with Crippen LogP contribution in [0.25, 0.3) is 11.3 Å². The fourth-order valence-corrected chi connectivity index (χ4v) is 1.19. The van der Waals surface area contributed by atoms with E-state index in [9.17, 15) is 9.90 Å². The van der Waals surface area contributed by atoms with Gasteiger partial charge in [0.15, 0.2) is 0 Å². The van der Waals surface area contributed by atoms with E-state index < -0.39 is 0 Å². The van der Waals surface area contributed by atoms with Crippen LogP contribution in [0, 0.1) is 0 Å². The fraction of sp³-hybridized carbons (Fsp3) is 0. The Balaban J connectivity index is 2.58. The van der Waals surface area contributed by atoms with Crippen LogP contribution >= 0.6 is 0 Å². The summed E-state index contributed by atoms with van der Waals surface area (Å²) >= 11 is 0. The number of hydrogen-bond donors (Lipinski definition) is 2. The lowest BCUT2D eigenvalue weighted by atomic mass is 10.2. The van der Waals surface area contributed by atoms with Gasteiger partial charge in [-0.2, -0.15) is 0 Å². The van der Waals surface area contributed by atoms with Gasteiger partial charge in [0.2, 0.25) is 0 Å². The molecule has 0 atom stereocenters. The molecule has 2 N–H and O–H groups in total. The average molecular weight is 188 g/mol. The van der Waals surface area contributed by atoms with Crippen LogP contribution in [0.2, 0.25) is 0 Å². The molecule has 2 aromatic heterocycles. The summed E-state index contributed by atoms with van der Waals surface area (Å²) < 4.78 is 0. The molecule has 2 rings (SSSR count). The predicted octanol–water partition coefficient (Wildman–Crippen LogP) is 1.14. The topological polar surface area (TPSA) is 66.0 Å². The zero-order valence-electron chi connectivity index (χ0n) is 7.27. The molecule has 2 heterocycles. The summed E-state index contributed by atoms with van der Waals surface area (Å²) in [6, 6.07) is 6.48. The van der Waals surface area contributed by atoms with Crippen molar-refractivity contribution in [1.82, 2.24) is 9.97 Å². The molecular formula is C10H8N2O2. The molecule has 14 heavy (non-hydrogen) atoms.